The van der Waals surface area contributed by atoms with Gasteiger partial charge in [-0.05, 0) is 93.1 Å². The third-order valence-electron chi connectivity index (χ3n) is 6.44. The lowest BCUT2D eigenvalue weighted by Gasteiger charge is -2.27. The van der Waals surface area contributed by atoms with Crippen LogP contribution in [0.25, 0.3) is 6.08 Å². The van der Waals surface area contributed by atoms with E-state index in [1.54, 1.807) is 32.9 Å². The second-order valence-corrected chi connectivity index (χ2v) is 9.60. The number of carbonyl (C=O) groups excluding carboxylic acids is 1. The number of hydrogen-bond acceptors (Lipinski definition) is 5. The number of esters is 1. The van der Waals surface area contributed by atoms with Gasteiger partial charge in [0, 0.05) is 18.7 Å². The highest BCUT2D eigenvalue weighted by Gasteiger charge is 2.27. The van der Waals surface area contributed by atoms with Crippen molar-refractivity contribution in [2.24, 2.45) is 0 Å². The van der Waals surface area contributed by atoms with E-state index in [9.17, 15) is 18.7 Å². The number of likely N-dealkylation sites (tertiary alicyclic amines) is 1. The number of hydrogen-bond donors (Lipinski definition) is 1. The summed E-state index contributed by atoms with van der Waals surface area (Å²) < 4.78 is 38.9. The molecule has 0 aliphatic carbocycles. The standard InChI is InChI=1S/C28H34ClF2NO4/c1-4-35-28(34)10-9-21-14-25(29)27(31)15-24(21)19(3)36-17-23(33)16-32-11-5-6-22(32)12-20-8-7-18(2)26(30)13-20/h7-10,13-15,19,22-23,33H,4-6,11-12,16-17H2,1-3H3/b10-9+/t19-,22+,23-/m1/s1. The molecule has 36 heavy (non-hydrogen) atoms. The molecule has 0 saturated carbocycles. The van der Waals surface area contributed by atoms with Gasteiger partial charge in [0.15, 0.2) is 0 Å². The van der Waals surface area contributed by atoms with Crippen molar-refractivity contribution < 1.29 is 28.2 Å². The van der Waals surface area contributed by atoms with Gasteiger partial charge < -0.3 is 14.6 Å². The normalized spacial score (nSPS) is 18.0. The largest absolute Gasteiger partial charge is 0.463 e. The third-order valence-corrected chi connectivity index (χ3v) is 6.73. The summed E-state index contributed by atoms with van der Waals surface area (Å²) in [5.74, 6) is -1.31. The molecule has 1 fully saturated rings. The van der Waals surface area contributed by atoms with Gasteiger partial charge in [-0.1, -0.05) is 23.7 Å². The number of β-amino-alcohol motifs (C(OH)–C–C–N with tert-alkyl or cyclic N) is 1. The average Bonchev–Trinajstić information content (AvgIpc) is 3.26. The van der Waals surface area contributed by atoms with Crippen molar-refractivity contribution in [1.82, 2.24) is 4.90 Å². The van der Waals surface area contributed by atoms with Crippen molar-refractivity contribution in [3.8, 4) is 0 Å². The van der Waals surface area contributed by atoms with E-state index in [0.717, 1.165) is 31.4 Å². The molecular weight excluding hydrogens is 488 g/mol. The molecule has 1 saturated heterocycles. The first kappa shape index (κ1) is 28.3. The maximum atomic E-state index is 14.2. The Hall–Kier alpha value is -2.32. The summed E-state index contributed by atoms with van der Waals surface area (Å²) in [5.41, 5.74) is 2.61. The molecule has 0 radical (unpaired) electrons. The van der Waals surface area contributed by atoms with Gasteiger partial charge >= 0.3 is 5.97 Å². The lowest BCUT2D eigenvalue weighted by molar-refractivity contribution is -0.137. The number of halogens is 3. The number of aryl methyl sites for hydroxylation is 1. The Morgan fingerprint density at radius 3 is 2.78 bits per heavy atom. The molecule has 0 unspecified atom stereocenters. The van der Waals surface area contributed by atoms with Crippen molar-refractivity contribution in [3.63, 3.8) is 0 Å². The number of rotatable bonds is 11. The van der Waals surface area contributed by atoms with Crippen LogP contribution in [0.5, 0.6) is 0 Å². The molecule has 2 aromatic rings. The molecule has 5 nitrogen and oxygen atoms in total. The highest BCUT2D eigenvalue weighted by atomic mass is 35.5. The van der Waals surface area contributed by atoms with E-state index in [-0.39, 0.29) is 30.1 Å². The number of aliphatic hydroxyl groups excluding tert-OH is 1. The van der Waals surface area contributed by atoms with Gasteiger partial charge in [0.05, 0.1) is 30.4 Å². The molecule has 0 aromatic heterocycles. The van der Waals surface area contributed by atoms with Crippen LogP contribution >= 0.6 is 11.6 Å². The predicted octanol–water partition coefficient (Wildman–Crippen LogP) is 5.65. The quantitative estimate of drug-likeness (QED) is 0.306. The molecule has 1 aliphatic heterocycles. The van der Waals surface area contributed by atoms with E-state index in [1.165, 1.54) is 24.3 Å². The Kier molecular flexibility index (Phi) is 10.4. The van der Waals surface area contributed by atoms with E-state index in [4.69, 9.17) is 21.1 Å². The number of ether oxygens (including phenoxy) is 2. The summed E-state index contributed by atoms with van der Waals surface area (Å²) in [7, 11) is 0. The zero-order chi connectivity index (χ0) is 26.2. The molecule has 0 amide bonds. The lowest BCUT2D eigenvalue weighted by Crippen LogP contribution is -2.39. The van der Waals surface area contributed by atoms with Gasteiger partial charge in [-0.15, -0.1) is 0 Å². The van der Waals surface area contributed by atoms with Crippen LogP contribution in [0.15, 0.2) is 36.4 Å². The zero-order valence-corrected chi connectivity index (χ0v) is 21.7. The Balaban J connectivity index is 1.59. The number of nitrogens with zero attached hydrogens (tertiary/aromatic N) is 1. The Bertz CT molecular complexity index is 1080. The SMILES string of the molecule is CCOC(=O)/C=C/c1cc(Cl)c(F)cc1[C@@H](C)OC[C@H](O)CN1CCC[C@H]1Cc1ccc(C)c(F)c1. The Labute approximate surface area is 216 Å². The van der Waals surface area contributed by atoms with Gasteiger partial charge in [-0.25, -0.2) is 13.6 Å². The number of carbonyl (C=O) groups is 1. The van der Waals surface area contributed by atoms with Crippen molar-refractivity contribution in [2.75, 3.05) is 26.3 Å². The van der Waals surface area contributed by atoms with E-state index < -0.39 is 24.0 Å². The van der Waals surface area contributed by atoms with Crippen LogP contribution in [0.2, 0.25) is 5.02 Å². The molecule has 196 valence electrons. The van der Waals surface area contributed by atoms with Crippen LogP contribution in [-0.4, -0.2) is 54.4 Å². The first-order valence-corrected chi connectivity index (χ1v) is 12.7. The van der Waals surface area contributed by atoms with Gasteiger partial charge in [0.1, 0.15) is 11.6 Å². The highest BCUT2D eigenvalue weighted by molar-refractivity contribution is 6.30. The van der Waals surface area contributed by atoms with Crippen LogP contribution in [-0.2, 0) is 20.7 Å². The van der Waals surface area contributed by atoms with E-state index in [0.29, 0.717) is 23.2 Å². The first-order valence-electron chi connectivity index (χ1n) is 12.3. The maximum absolute atomic E-state index is 14.2. The maximum Gasteiger partial charge on any atom is 0.330 e. The summed E-state index contributed by atoms with van der Waals surface area (Å²) in [6, 6.07) is 8.28. The topological polar surface area (TPSA) is 59.0 Å². The molecule has 1 N–H and O–H groups in total. The summed E-state index contributed by atoms with van der Waals surface area (Å²) in [5, 5.41) is 10.6. The molecule has 8 heteroatoms. The van der Waals surface area contributed by atoms with E-state index in [2.05, 4.69) is 4.90 Å². The molecule has 0 spiro atoms. The minimum Gasteiger partial charge on any atom is -0.463 e. The third kappa shape index (κ3) is 7.84. The lowest BCUT2D eigenvalue weighted by atomic mass is 10.0. The second-order valence-electron chi connectivity index (χ2n) is 9.19. The van der Waals surface area contributed by atoms with Crippen molar-refractivity contribution >= 4 is 23.6 Å². The molecule has 1 aliphatic rings. The summed E-state index contributed by atoms with van der Waals surface area (Å²) in [6.07, 6.45) is 4.18. The number of benzene rings is 2. The molecule has 2 aromatic carbocycles. The van der Waals surface area contributed by atoms with Crippen LogP contribution < -0.4 is 0 Å². The second kappa shape index (κ2) is 13.3. The van der Waals surface area contributed by atoms with Gasteiger partial charge in [0.25, 0.3) is 0 Å². The average molecular weight is 522 g/mol. The van der Waals surface area contributed by atoms with Crippen LogP contribution in [0.4, 0.5) is 8.78 Å². The summed E-state index contributed by atoms with van der Waals surface area (Å²) >= 11 is 5.95. The summed E-state index contributed by atoms with van der Waals surface area (Å²) in [6.45, 7) is 6.79. The summed E-state index contributed by atoms with van der Waals surface area (Å²) in [4.78, 5) is 13.9. The number of aliphatic hydroxyl groups is 1. The zero-order valence-electron chi connectivity index (χ0n) is 21.0. The minimum atomic E-state index is -0.751. The van der Waals surface area contributed by atoms with E-state index in [1.807, 2.05) is 6.07 Å². The minimum absolute atomic E-state index is 0.0504. The van der Waals surface area contributed by atoms with Gasteiger partial charge in [-0.2, -0.15) is 0 Å². The monoisotopic (exact) mass is 521 g/mol. The van der Waals surface area contributed by atoms with E-state index >= 15 is 0 Å². The fourth-order valence-corrected chi connectivity index (χ4v) is 4.66. The Morgan fingerprint density at radius 2 is 2.06 bits per heavy atom. The van der Waals surface area contributed by atoms with Crippen LogP contribution in [0.3, 0.4) is 0 Å². The highest BCUT2D eigenvalue weighted by Crippen LogP contribution is 2.29. The fraction of sp³-hybridized carbons (Fsp3) is 0.464. The molecule has 0 bridgehead atoms. The molecule has 3 atom stereocenters. The molecule has 1 heterocycles. The molecule has 3 rings (SSSR count). The molecular formula is C28H34ClF2NO4. The van der Waals surface area contributed by atoms with Crippen molar-refractivity contribution in [1.29, 1.82) is 0 Å². The Morgan fingerprint density at radius 1 is 1.28 bits per heavy atom. The first-order chi connectivity index (χ1) is 17.2. The van der Waals surface area contributed by atoms with Crippen molar-refractivity contribution in [2.45, 2.75) is 58.3 Å². The van der Waals surface area contributed by atoms with Gasteiger partial charge in [-0.3, -0.25) is 4.90 Å². The van der Waals surface area contributed by atoms with Crippen molar-refractivity contribution in [3.05, 3.63) is 75.3 Å². The van der Waals surface area contributed by atoms with Gasteiger partial charge in [0.2, 0.25) is 0 Å². The predicted molar refractivity (Wildman–Crippen MR) is 137 cm³/mol. The smallest absolute Gasteiger partial charge is 0.330 e. The fourth-order valence-electron chi connectivity index (χ4n) is 4.49. The van der Waals surface area contributed by atoms with Crippen LogP contribution in [0, 0.1) is 18.6 Å². The van der Waals surface area contributed by atoms with Crippen LogP contribution in [0.1, 0.15) is 55.0 Å².